The lowest BCUT2D eigenvalue weighted by Gasteiger charge is -2.34. The summed E-state index contributed by atoms with van der Waals surface area (Å²) in [6, 6.07) is 0.370. The highest BCUT2D eigenvalue weighted by molar-refractivity contribution is 5.88. The van der Waals surface area contributed by atoms with Crippen LogP contribution in [0.2, 0.25) is 0 Å². The molecule has 2 aliphatic rings. The third kappa shape index (κ3) is 3.44. The van der Waals surface area contributed by atoms with Crippen molar-refractivity contribution in [2.24, 2.45) is 0 Å². The van der Waals surface area contributed by atoms with Crippen LogP contribution in [0.25, 0.3) is 11.0 Å². The van der Waals surface area contributed by atoms with Crippen molar-refractivity contribution in [1.82, 2.24) is 24.6 Å². The molecule has 0 saturated carbocycles. The lowest BCUT2D eigenvalue weighted by Crippen LogP contribution is -2.44. The Morgan fingerprint density at radius 1 is 1.32 bits per heavy atom. The highest BCUT2D eigenvalue weighted by atomic mass is 16.6. The highest BCUT2D eigenvalue weighted by Crippen LogP contribution is 2.31. The van der Waals surface area contributed by atoms with Gasteiger partial charge >= 0.3 is 6.09 Å². The third-order valence-electron chi connectivity index (χ3n) is 5.43. The second-order valence-corrected chi connectivity index (χ2v) is 7.27. The number of fused-ring (bicyclic) bond motifs is 1. The molecular formula is C18H27N7O3. The number of likely N-dealkylation sites (tertiary alicyclic amines) is 1. The van der Waals surface area contributed by atoms with Crippen LogP contribution >= 0.6 is 0 Å². The standard InChI is InChI=1S/C18H27N7O3/c1-3-28-18(26)23-6-4-13(5-7-23)25-16-14(10-20-25)15(21-17(19)22-16)24-8-9-27-11-12(24)2/h10,12-13H,3-9,11H2,1-2H3,(H2,19,21,22)/t12-/m1/s1. The van der Waals surface area contributed by atoms with Crippen molar-refractivity contribution in [3.8, 4) is 0 Å². The average molecular weight is 389 g/mol. The second kappa shape index (κ2) is 7.78. The van der Waals surface area contributed by atoms with Crippen LogP contribution < -0.4 is 10.6 Å². The highest BCUT2D eigenvalue weighted by Gasteiger charge is 2.29. The average Bonchev–Trinajstić information content (AvgIpc) is 3.12. The number of hydrogen-bond donors (Lipinski definition) is 1. The number of ether oxygens (including phenoxy) is 2. The van der Waals surface area contributed by atoms with Gasteiger partial charge in [-0.1, -0.05) is 0 Å². The van der Waals surface area contributed by atoms with Gasteiger partial charge in [0.1, 0.15) is 5.82 Å². The van der Waals surface area contributed by atoms with Crippen LogP contribution in [0, 0.1) is 0 Å². The maximum absolute atomic E-state index is 11.9. The molecule has 2 saturated heterocycles. The molecule has 2 fully saturated rings. The molecule has 10 heteroatoms. The number of hydrogen-bond acceptors (Lipinski definition) is 8. The molecule has 152 valence electrons. The van der Waals surface area contributed by atoms with E-state index in [0.717, 1.165) is 36.2 Å². The van der Waals surface area contributed by atoms with Crippen molar-refractivity contribution in [3.63, 3.8) is 0 Å². The monoisotopic (exact) mass is 389 g/mol. The Bertz CT molecular complexity index is 847. The summed E-state index contributed by atoms with van der Waals surface area (Å²) in [5.41, 5.74) is 6.78. The molecule has 10 nitrogen and oxygen atoms in total. The number of amides is 1. The minimum absolute atomic E-state index is 0.160. The third-order valence-corrected chi connectivity index (χ3v) is 5.43. The number of anilines is 2. The summed E-state index contributed by atoms with van der Waals surface area (Å²) in [4.78, 5) is 24.9. The molecule has 2 aliphatic heterocycles. The first-order valence-electron chi connectivity index (χ1n) is 9.85. The predicted molar refractivity (Wildman–Crippen MR) is 104 cm³/mol. The zero-order valence-electron chi connectivity index (χ0n) is 16.4. The van der Waals surface area contributed by atoms with Gasteiger partial charge in [-0.15, -0.1) is 0 Å². The van der Waals surface area contributed by atoms with Gasteiger partial charge in [0.2, 0.25) is 5.95 Å². The smallest absolute Gasteiger partial charge is 0.409 e. The number of aromatic nitrogens is 4. The van der Waals surface area contributed by atoms with E-state index >= 15 is 0 Å². The fourth-order valence-electron chi connectivity index (χ4n) is 3.96. The molecule has 0 bridgehead atoms. The SMILES string of the molecule is CCOC(=O)N1CCC(n2ncc3c(N4CCOC[C@H]4C)nc(N)nc32)CC1. The van der Waals surface area contributed by atoms with Crippen LogP contribution in [-0.2, 0) is 9.47 Å². The molecule has 28 heavy (non-hydrogen) atoms. The predicted octanol–water partition coefficient (Wildman–Crippen LogP) is 1.43. The maximum atomic E-state index is 11.9. The molecule has 1 atom stereocenters. The summed E-state index contributed by atoms with van der Waals surface area (Å²) in [6.45, 7) is 7.67. The number of nitrogens with zero attached hydrogens (tertiary/aromatic N) is 6. The van der Waals surface area contributed by atoms with Crippen LogP contribution in [0.3, 0.4) is 0 Å². The zero-order chi connectivity index (χ0) is 19.7. The van der Waals surface area contributed by atoms with Crippen molar-refractivity contribution in [2.45, 2.75) is 38.8 Å². The zero-order valence-corrected chi connectivity index (χ0v) is 16.4. The van der Waals surface area contributed by atoms with E-state index in [1.807, 2.05) is 17.8 Å². The molecule has 0 unspecified atom stereocenters. The Labute approximate surface area is 163 Å². The van der Waals surface area contributed by atoms with Gasteiger partial charge in [0.05, 0.1) is 43.5 Å². The summed E-state index contributed by atoms with van der Waals surface area (Å²) in [7, 11) is 0. The van der Waals surface area contributed by atoms with Gasteiger partial charge in [-0.2, -0.15) is 15.1 Å². The van der Waals surface area contributed by atoms with E-state index in [1.165, 1.54) is 0 Å². The molecule has 0 aromatic carbocycles. The molecule has 1 amide bonds. The lowest BCUT2D eigenvalue weighted by molar-refractivity contribution is 0.0919. The van der Waals surface area contributed by atoms with Crippen molar-refractivity contribution >= 4 is 28.9 Å². The fourth-order valence-corrected chi connectivity index (χ4v) is 3.96. The summed E-state index contributed by atoms with van der Waals surface area (Å²) in [5, 5.41) is 5.51. The van der Waals surface area contributed by atoms with Crippen molar-refractivity contribution in [1.29, 1.82) is 0 Å². The summed E-state index contributed by atoms with van der Waals surface area (Å²) in [5.74, 6) is 1.06. The number of piperidine rings is 1. The number of carbonyl (C=O) groups excluding carboxylic acids is 1. The van der Waals surface area contributed by atoms with Crippen LogP contribution in [0.5, 0.6) is 0 Å². The van der Waals surface area contributed by atoms with E-state index in [-0.39, 0.29) is 24.1 Å². The van der Waals surface area contributed by atoms with Gasteiger partial charge in [-0.3, -0.25) is 0 Å². The summed E-state index contributed by atoms with van der Waals surface area (Å²) in [6.07, 6.45) is 3.16. The Morgan fingerprint density at radius 2 is 2.11 bits per heavy atom. The second-order valence-electron chi connectivity index (χ2n) is 7.27. The first-order chi connectivity index (χ1) is 13.6. The Balaban J connectivity index is 1.59. The Kier molecular flexibility index (Phi) is 5.21. The van der Waals surface area contributed by atoms with E-state index in [9.17, 15) is 4.79 Å². The summed E-state index contributed by atoms with van der Waals surface area (Å²) >= 11 is 0. The van der Waals surface area contributed by atoms with Gasteiger partial charge in [0.15, 0.2) is 5.65 Å². The first-order valence-corrected chi connectivity index (χ1v) is 9.85. The Morgan fingerprint density at radius 3 is 2.82 bits per heavy atom. The normalized spacial score (nSPS) is 21.3. The van der Waals surface area contributed by atoms with Gasteiger partial charge in [-0.05, 0) is 26.7 Å². The number of carbonyl (C=O) groups is 1. The molecular weight excluding hydrogens is 362 g/mol. The lowest BCUT2D eigenvalue weighted by atomic mass is 10.1. The Hall–Kier alpha value is -2.62. The van der Waals surface area contributed by atoms with Gasteiger partial charge in [0, 0.05) is 19.6 Å². The summed E-state index contributed by atoms with van der Waals surface area (Å²) < 4.78 is 12.6. The molecule has 2 aromatic heterocycles. The fraction of sp³-hybridized carbons (Fsp3) is 0.667. The first kappa shape index (κ1) is 18.7. The van der Waals surface area contributed by atoms with Gasteiger partial charge < -0.3 is 25.0 Å². The van der Waals surface area contributed by atoms with Crippen LogP contribution in [0.1, 0.15) is 32.7 Å². The molecule has 0 aliphatic carbocycles. The maximum Gasteiger partial charge on any atom is 0.409 e. The number of nitrogen functional groups attached to an aromatic ring is 1. The molecule has 2 aromatic rings. The number of rotatable bonds is 3. The van der Waals surface area contributed by atoms with Gasteiger partial charge in [-0.25, -0.2) is 9.48 Å². The quantitative estimate of drug-likeness (QED) is 0.839. The minimum atomic E-state index is -0.249. The molecule has 4 rings (SSSR count). The van der Waals surface area contributed by atoms with E-state index in [1.54, 1.807) is 4.90 Å². The van der Waals surface area contributed by atoms with E-state index in [0.29, 0.717) is 32.9 Å². The topological polar surface area (TPSA) is 112 Å². The van der Waals surface area contributed by atoms with Crippen LogP contribution in [-0.4, -0.2) is 76.2 Å². The van der Waals surface area contributed by atoms with Crippen LogP contribution in [0.4, 0.5) is 16.6 Å². The molecule has 4 heterocycles. The molecule has 0 spiro atoms. The van der Waals surface area contributed by atoms with Crippen LogP contribution in [0.15, 0.2) is 6.20 Å². The van der Waals surface area contributed by atoms with Crippen molar-refractivity contribution in [2.75, 3.05) is 50.1 Å². The van der Waals surface area contributed by atoms with Crippen molar-refractivity contribution < 1.29 is 14.3 Å². The number of nitrogens with two attached hydrogens (primary N) is 1. The molecule has 0 radical (unpaired) electrons. The van der Waals surface area contributed by atoms with Gasteiger partial charge in [0.25, 0.3) is 0 Å². The van der Waals surface area contributed by atoms with E-state index < -0.39 is 0 Å². The number of morpholine rings is 1. The minimum Gasteiger partial charge on any atom is -0.450 e. The van der Waals surface area contributed by atoms with Crippen molar-refractivity contribution in [3.05, 3.63) is 6.20 Å². The largest absolute Gasteiger partial charge is 0.450 e. The molecule has 2 N–H and O–H groups in total. The van der Waals surface area contributed by atoms with E-state index in [4.69, 9.17) is 15.2 Å². The van der Waals surface area contributed by atoms with E-state index in [2.05, 4.69) is 26.9 Å².